The van der Waals surface area contributed by atoms with E-state index in [1.807, 2.05) is 19.1 Å². The minimum Gasteiger partial charge on any atom is -0.327 e. The van der Waals surface area contributed by atoms with Gasteiger partial charge in [-0.2, -0.15) is 0 Å². The Morgan fingerprint density at radius 1 is 1.24 bits per heavy atom. The summed E-state index contributed by atoms with van der Waals surface area (Å²) in [6.07, 6.45) is 3.80. The van der Waals surface area contributed by atoms with Crippen molar-refractivity contribution >= 4 is 34.2 Å². The van der Waals surface area contributed by atoms with Crippen LogP contribution in [0.1, 0.15) is 37.4 Å². The van der Waals surface area contributed by atoms with Crippen molar-refractivity contribution in [3.8, 4) is 0 Å². The van der Waals surface area contributed by atoms with Crippen LogP contribution in [-0.2, 0) is 6.54 Å². The number of para-hydroxylation sites is 1. The summed E-state index contributed by atoms with van der Waals surface area (Å²) in [5.74, 6) is 0.918. The summed E-state index contributed by atoms with van der Waals surface area (Å²) in [4.78, 5) is 7.19. The number of alkyl halides is 1. The molecule has 0 radical (unpaired) electrons. The summed E-state index contributed by atoms with van der Waals surface area (Å²) in [6, 6.07) is 5.94. The third-order valence-electron chi connectivity index (χ3n) is 4.17. The van der Waals surface area contributed by atoms with Crippen molar-refractivity contribution in [3.05, 3.63) is 29.0 Å². The average Bonchev–Trinajstić information content (AvgIpc) is 3.08. The highest BCUT2D eigenvalue weighted by Crippen LogP contribution is 2.29. The van der Waals surface area contributed by atoms with E-state index < -0.39 is 0 Å². The Bertz CT molecular complexity index is 615. The minimum atomic E-state index is -0.111. The van der Waals surface area contributed by atoms with Gasteiger partial charge in [0.2, 0.25) is 0 Å². The fourth-order valence-corrected chi connectivity index (χ4v) is 3.51. The number of nitrogens with zero attached hydrogens (tertiary/aromatic N) is 3. The summed E-state index contributed by atoms with van der Waals surface area (Å²) in [5.41, 5.74) is 1.95. The molecule has 5 heteroatoms. The molecule has 0 bridgehead atoms. The molecule has 1 aliphatic heterocycles. The van der Waals surface area contributed by atoms with Gasteiger partial charge in [0.1, 0.15) is 11.3 Å². The van der Waals surface area contributed by atoms with Crippen LogP contribution in [0.2, 0.25) is 5.02 Å². The standard InChI is InChI=1S/C16H21Cl2N3/c1-12(17)16-19-15-13(18)6-4-7-14(15)21(16)11-5-10-20-8-2-3-9-20/h4,6-7,12H,2-3,5,8-11H2,1H3. The maximum absolute atomic E-state index is 6.30. The molecule has 1 aromatic heterocycles. The molecule has 1 atom stereocenters. The molecule has 0 aliphatic carbocycles. The monoisotopic (exact) mass is 325 g/mol. The molecule has 1 saturated heterocycles. The largest absolute Gasteiger partial charge is 0.327 e. The van der Waals surface area contributed by atoms with E-state index in [2.05, 4.69) is 20.5 Å². The zero-order valence-corrected chi connectivity index (χ0v) is 13.9. The van der Waals surface area contributed by atoms with E-state index in [1.165, 1.54) is 25.9 Å². The normalized spacial score (nSPS) is 17.7. The molecule has 0 saturated carbocycles. The van der Waals surface area contributed by atoms with E-state index >= 15 is 0 Å². The van der Waals surface area contributed by atoms with Gasteiger partial charge in [0.25, 0.3) is 0 Å². The number of halogens is 2. The highest BCUT2D eigenvalue weighted by molar-refractivity contribution is 6.35. The number of imidazole rings is 1. The molecule has 3 rings (SSSR count). The number of aryl methyl sites for hydroxylation is 1. The van der Waals surface area contributed by atoms with Gasteiger partial charge in [0.15, 0.2) is 0 Å². The number of aromatic nitrogens is 2. The fourth-order valence-electron chi connectivity index (χ4n) is 3.13. The first-order valence-electron chi connectivity index (χ1n) is 7.68. The summed E-state index contributed by atoms with van der Waals surface area (Å²) < 4.78 is 2.23. The van der Waals surface area contributed by atoms with Gasteiger partial charge in [0, 0.05) is 6.54 Å². The van der Waals surface area contributed by atoms with Crippen LogP contribution in [0.4, 0.5) is 0 Å². The van der Waals surface area contributed by atoms with Crippen LogP contribution >= 0.6 is 23.2 Å². The number of benzene rings is 1. The van der Waals surface area contributed by atoms with Crippen molar-refractivity contribution in [1.29, 1.82) is 0 Å². The summed E-state index contributed by atoms with van der Waals surface area (Å²) >= 11 is 12.6. The van der Waals surface area contributed by atoms with Crippen molar-refractivity contribution in [2.24, 2.45) is 0 Å². The van der Waals surface area contributed by atoms with Crippen molar-refractivity contribution in [1.82, 2.24) is 14.5 Å². The second kappa shape index (κ2) is 6.55. The molecule has 1 aromatic carbocycles. The van der Waals surface area contributed by atoms with Crippen LogP contribution in [0.5, 0.6) is 0 Å². The van der Waals surface area contributed by atoms with Gasteiger partial charge < -0.3 is 9.47 Å². The van der Waals surface area contributed by atoms with E-state index in [0.717, 1.165) is 36.4 Å². The molecule has 1 unspecified atom stereocenters. The Hall–Kier alpha value is -0.770. The van der Waals surface area contributed by atoms with E-state index in [4.69, 9.17) is 23.2 Å². The zero-order chi connectivity index (χ0) is 14.8. The quantitative estimate of drug-likeness (QED) is 0.756. The topological polar surface area (TPSA) is 21.1 Å². The predicted octanol–water partition coefficient (Wildman–Crippen LogP) is 4.48. The second-order valence-corrected chi connectivity index (χ2v) is 6.81. The van der Waals surface area contributed by atoms with Gasteiger partial charge in [0.05, 0.1) is 15.9 Å². The van der Waals surface area contributed by atoms with Crippen LogP contribution < -0.4 is 0 Å². The first kappa shape index (κ1) is 15.1. The third-order valence-corrected chi connectivity index (χ3v) is 4.67. The van der Waals surface area contributed by atoms with Crippen LogP contribution in [-0.4, -0.2) is 34.1 Å². The Morgan fingerprint density at radius 3 is 2.71 bits per heavy atom. The average molecular weight is 326 g/mol. The molecule has 2 aromatic rings. The second-order valence-electron chi connectivity index (χ2n) is 5.75. The Kier molecular flexibility index (Phi) is 4.72. The third kappa shape index (κ3) is 3.20. The molecular weight excluding hydrogens is 305 g/mol. The van der Waals surface area contributed by atoms with Crippen LogP contribution in [0.3, 0.4) is 0 Å². The Labute approximate surface area is 135 Å². The van der Waals surface area contributed by atoms with Crippen LogP contribution in [0.15, 0.2) is 18.2 Å². The van der Waals surface area contributed by atoms with Gasteiger partial charge in [-0.1, -0.05) is 17.7 Å². The van der Waals surface area contributed by atoms with E-state index in [1.54, 1.807) is 0 Å². The summed E-state index contributed by atoms with van der Waals surface area (Å²) in [5, 5.41) is 0.588. The zero-order valence-electron chi connectivity index (χ0n) is 12.4. The molecule has 1 aliphatic rings. The maximum atomic E-state index is 6.30. The molecular formula is C16H21Cl2N3. The van der Waals surface area contributed by atoms with Crippen molar-refractivity contribution in [3.63, 3.8) is 0 Å². The van der Waals surface area contributed by atoms with Gasteiger partial charge >= 0.3 is 0 Å². The predicted molar refractivity (Wildman–Crippen MR) is 89.3 cm³/mol. The van der Waals surface area contributed by atoms with Crippen LogP contribution in [0.25, 0.3) is 11.0 Å². The molecule has 2 heterocycles. The molecule has 0 spiro atoms. The number of hydrogen-bond acceptors (Lipinski definition) is 2. The summed E-state index contributed by atoms with van der Waals surface area (Å²) in [6.45, 7) is 6.55. The lowest BCUT2D eigenvalue weighted by molar-refractivity contribution is 0.325. The molecule has 114 valence electrons. The molecule has 21 heavy (non-hydrogen) atoms. The first-order valence-corrected chi connectivity index (χ1v) is 8.49. The Balaban J connectivity index is 1.81. The fraction of sp³-hybridized carbons (Fsp3) is 0.562. The van der Waals surface area contributed by atoms with Crippen LogP contribution in [0, 0.1) is 0 Å². The van der Waals surface area contributed by atoms with E-state index in [9.17, 15) is 0 Å². The number of hydrogen-bond donors (Lipinski definition) is 0. The highest BCUT2D eigenvalue weighted by Gasteiger charge is 2.17. The SMILES string of the molecule is CC(Cl)c1nc2c(Cl)cccc2n1CCCN1CCCC1. The van der Waals surface area contributed by atoms with Crippen molar-refractivity contribution in [2.75, 3.05) is 19.6 Å². The minimum absolute atomic E-state index is 0.111. The van der Waals surface area contributed by atoms with Gasteiger partial charge in [-0.3, -0.25) is 0 Å². The lowest BCUT2D eigenvalue weighted by Crippen LogP contribution is -2.21. The lowest BCUT2D eigenvalue weighted by Gasteiger charge is -2.16. The lowest BCUT2D eigenvalue weighted by atomic mass is 10.3. The summed E-state index contributed by atoms with van der Waals surface area (Å²) in [7, 11) is 0. The van der Waals surface area contributed by atoms with Gasteiger partial charge in [-0.15, -0.1) is 11.6 Å². The molecule has 0 N–H and O–H groups in total. The van der Waals surface area contributed by atoms with E-state index in [0.29, 0.717) is 5.02 Å². The smallest absolute Gasteiger partial charge is 0.127 e. The van der Waals surface area contributed by atoms with Gasteiger partial charge in [-0.25, -0.2) is 4.98 Å². The number of rotatable bonds is 5. The molecule has 0 amide bonds. The molecule has 3 nitrogen and oxygen atoms in total. The molecule has 1 fully saturated rings. The van der Waals surface area contributed by atoms with E-state index in [-0.39, 0.29) is 5.38 Å². The maximum Gasteiger partial charge on any atom is 0.127 e. The van der Waals surface area contributed by atoms with Crippen molar-refractivity contribution in [2.45, 2.75) is 38.1 Å². The first-order chi connectivity index (χ1) is 10.2. The number of likely N-dealkylation sites (tertiary alicyclic amines) is 1. The van der Waals surface area contributed by atoms with Gasteiger partial charge in [-0.05, 0) is 58.0 Å². The van der Waals surface area contributed by atoms with Crippen molar-refractivity contribution < 1.29 is 0 Å². The Morgan fingerprint density at radius 2 is 2.00 bits per heavy atom. The highest BCUT2D eigenvalue weighted by atomic mass is 35.5. The number of fused-ring (bicyclic) bond motifs is 1.